The second-order valence-corrected chi connectivity index (χ2v) is 5.26. The van der Waals surface area contributed by atoms with Crippen molar-refractivity contribution in [1.82, 2.24) is 4.98 Å². The van der Waals surface area contributed by atoms with Gasteiger partial charge < -0.3 is 5.73 Å². The number of anilines is 1. The van der Waals surface area contributed by atoms with Crippen LogP contribution in [-0.2, 0) is 6.42 Å². The zero-order valence-electron chi connectivity index (χ0n) is 11.9. The van der Waals surface area contributed by atoms with Gasteiger partial charge in [0.1, 0.15) is 0 Å². The number of aryl methyl sites for hydroxylation is 1. The summed E-state index contributed by atoms with van der Waals surface area (Å²) in [5, 5.41) is 2.27. The molecule has 2 N–H and O–H groups in total. The highest BCUT2D eigenvalue weighted by atomic mass is 14.7. The van der Waals surface area contributed by atoms with Gasteiger partial charge in [-0.1, -0.05) is 51.2 Å². The van der Waals surface area contributed by atoms with E-state index in [1.54, 1.807) is 0 Å². The Kier molecular flexibility index (Phi) is 5.20. The summed E-state index contributed by atoms with van der Waals surface area (Å²) < 4.78 is 0. The molecule has 0 atom stereocenters. The smallest absolute Gasteiger partial charge is 0.0410 e. The summed E-state index contributed by atoms with van der Waals surface area (Å²) >= 11 is 0. The SMILES string of the molecule is CCCCCCCCc1cc2c(N)cccc2cn1. The van der Waals surface area contributed by atoms with Crippen molar-refractivity contribution in [2.75, 3.05) is 5.73 Å². The summed E-state index contributed by atoms with van der Waals surface area (Å²) in [6.45, 7) is 2.25. The van der Waals surface area contributed by atoms with Gasteiger partial charge in [0.25, 0.3) is 0 Å². The summed E-state index contributed by atoms with van der Waals surface area (Å²) in [7, 11) is 0. The van der Waals surface area contributed by atoms with Gasteiger partial charge in [0.05, 0.1) is 0 Å². The van der Waals surface area contributed by atoms with E-state index in [1.165, 1.54) is 44.2 Å². The van der Waals surface area contributed by atoms with Gasteiger partial charge in [-0.15, -0.1) is 0 Å². The maximum atomic E-state index is 6.01. The molecule has 19 heavy (non-hydrogen) atoms. The molecule has 1 aromatic carbocycles. The molecule has 0 saturated carbocycles. The number of hydrogen-bond donors (Lipinski definition) is 1. The number of fused-ring (bicyclic) bond motifs is 1. The molecule has 1 heterocycles. The maximum Gasteiger partial charge on any atom is 0.0410 e. The Morgan fingerprint density at radius 2 is 1.84 bits per heavy atom. The Bertz CT molecular complexity index is 520. The lowest BCUT2D eigenvalue weighted by Crippen LogP contribution is -1.93. The fraction of sp³-hybridized carbons (Fsp3) is 0.471. The molecule has 0 radical (unpaired) electrons. The minimum Gasteiger partial charge on any atom is -0.398 e. The highest BCUT2D eigenvalue weighted by Crippen LogP contribution is 2.21. The topological polar surface area (TPSA) is 38.9 Å². The molecule has 0 aliphatic carbocycles. The van der Waals surface area contributed by atoms with Gasteiger partial charge in [0.15, 0.2) is 0 Å². The normalized spacial score (nSPS) is 11.0. The van der Waals surface area contributed by atoms with Crippen LogP contribution in [0.25, 0.3) is 10.8 Å². The largest absolute Gasteiger partial charge is 0.398 e. The van der Waals surface area contributed by atoms with E-state index in [2.05, 4.69) is 24.0 Å². The number of benzene rings is 1. The monoisotopic (exact) mass is 256 g/mol. The molecule has 0 fully saturated rings. The van der Waals surface area contributed by atoms with Gasteiger partial charge in [0, 0.05) is 28.4 Å². The van der Waals surface area contributed by atoms with Crippen LogP contribution in [0.3, 0.4) is 0 Å². The van der Waals surface area contributed by atoms with Gasteiger partial charge in [-0.3, -0.25) is 4.98 Å². The number of unbranched alkanes of at least 4 members (excludes halogenated alkanes) is 5. The predicted octanol–water partition coefficient (Wildman–Crippen LogP) is 4.72. The zero-order valence-corrected chi connectivity index (χ0v) is 11.9. The Hall–Kier alpha value is -1.57. The van der Waals surface area contributed by atoms with Crippen molar-refractivity contribution < 1.29 is 0 Å². The molecule has 0 saturated heterocycles. The minimum atomic E-state index is 0.851. The van der Waals surface area contributed by atoms with E-state index in [1.807, 2.05) is 18.3 Å². The fourth-order valence-electron chi connectivity index (χ4n) is 2.46. The molecule has 2 rings (SSSR count). The molecule has 2 heteroatoms. The lowest BCUT2D eigenvalue weighted by Gasteiger charge is -2.05. The molecule has 102 valence electrons. The van der Waals surface area contributed by atoms with E-state index >= 15 is 0 Å². The van der Waals surface area contributed by atoms with Crippen LogP contribution in [0.2, 0.25) is 0 Å². The Balaban J connectivity index is 1.89. The van der Waals surface area contributed by atoms with Crippen molar-refractivity contribution in [3.8, 4) is 0 Å². The van der Waals surface area contributed by atoms with Crippen LogP contribution in [0.1, 0.15) is 51.1 Å². The Labute approximate surface area is 116 Å². The highest BCUT2D eigenvalue weighted by Gasteiger charge is 2.01. The van der Waals surface area contributed by atoms with Crippen LogP contribution >= 0.6 is 0 Å². The van der Waals surface area contributed by atoms with Crippen molar-refractivity contribution in [2.24, 2.45) is 0 Å². The van der Waals surface area contributed by atoms with Gasteiger partial charge in [-0.25, -0.2) is 0 Å². The standard InChI is InChI=1S/C17H24N2/c1-2-3-4-5-6-7-10-15-12-16-14(13-19-15)9-8-11-17(16)18/h8-9,11-13H,2-7,10,18H2,1H3. The van der Waals surface area contributed by atoms with Crippen LogP contribution in [0.5, 0.6) is 0 Å². The van der Waals surface area contributed by atoms with Gasteiger partial charge in [0.2, 0.25) is 0 Å². The number of rotatable bonds is 7. The van der Waals surface area contributed by atoms with Crippen LogP contribution in [0, 0.1) is 0 Å². The first-order valence-corrected chi connectivity index (χ1v) is 7.44. The highest BCUT2D eigenvalue weighted by molar-refractivity contribution is 5.92. The third kappa shape index (κ3) is 3.95. The summed E-state index contributed by atoms with van der Waals surface area (Å²) in [6.07, 6.45) is 10.9. The molecule has 0 aliphatic rings. The molecular formula is C17H24N2. The predicted molar refractivity (Wildman–Crippen MR) is 83.2 cm³/mol. The van der Waals surface area contributed by atoms with Crippen molar-refractivity contribution in [3.05, 3.63) is 36.2 Å². The number of nitrogens with two attached hydrogens (primary N) is 1. The third-order valence-electron chi connectivity index (χ3n) is 3.64. The molecule has 2 aromatic rings. The molecule has 0 spiro atoms. The van der Waals surface area contributed by atoms with Crippen molar-refractivity contribution in [3.63, 3.8) is 0 Å². The fourth-order valence-corrected chi connectivity index (χ4v) is 2.46. The van der Waals surface area contributed by atoms with Crippen molar-refractivity contribution in [1.29, 1.82) is 0 Å². The average Bonchev–Trinajstić information content (AvgIpc) is 2.43. The number of hydrogen-bond acceptors (Lipinski definition) is 2. The second-order valence-electron chi connectivity index (χ2n) is 5.26. The number of nitrogens with zero attached hydrogens (tertiary/aromatic N) is 1. The van der Waals surface area contributed by atoms with Crippen LogP contribution in [-0.4, -0.2) is 4.98 Å². The minimum absolute atomic E-state index is 0.851. The molecule has 0 bridgehead atoms. The summed E-state index contributed by atoms with van der Waals surface area (Å²) in [4.78, 5) is 4.53. The van der Waals surface area contributed by atoms with Crippen LogP contribution in [0.4, 0.5) is 5.69 Å². The molecule has 1 aromatic heterocycles. The first-order valence-electron chi connectivity index (χ1n) is 7.44. The average molecular weight is 256 g/mol. The molecule has 0 unspecified atom stereocenters. The van der Waals surface area contributed by atoms with Gasteiger partial charge >= 0.3 is 0 Å². The molecular weight excluding hydrogens is 232 g/mol. The molecule has 0 amide bonds. The second kappa shape index (κ2) is 7.13. The molecule has 2 nitrogen and oxygen atoms in total. The van der Waals surface area contributed by atoms with Gasteiger partial charge in [-0.05, 0) is 25.0 Å². The van der Waals surface area contributed by atoms with E-state index in [4.69, 9.17) is 5.73 Å². The van der Waals surface area contributed by atoms with E-state index in [9.17, 15) is 0 Å². The number of nitrogen functional groups attached to an aromatic ring is 1. The first kappa shape index (κ1) is 13.9. The van der Waals surface area contributed by atoms with E-state index < -0.39 is 0 Å². The van der Waals surface area contributed by atoms with E-state index in [-0.39, 0.29) is 0 Å². The van der Waals surface area contributed by atoms with Gasteiger partial charge in [-0.2, -0.15) is 0 Å². The lowest BCUT2D eigenvalue weighted by atomic mass is 10.1. The Morgan fingerprint density at radius 3 is 2.68 bits per heavy atom. The van der Waals surface area contributed by atoms with E-state index in [0.29, 0.717) is 0 Å². The summed E-state index contributed by atoms with van der Waals surface area (Å²) in [5.74, 6) is 0. The van der Waals surface area contributed by atoms with Crippen LogP contribution in [0.15, 0.2) is 30.5 Å². The Morgan fingerprint density at radius 1 is 1.05 bits per heavy atom. The third-order valence-corrected chi connectivity index (χ3v) is 3.64. The lowest BCUT2D eigenvalue weighted by molar-refractivity contribution is 0.605. The summed E-state index contributed by atoms with van der Waals surface area (Å²) in [6, 6.07) is 8.15. The van der Waals surface area contributed by atoms with Crippen molar-refractivity contribution >= 4 is 16.5 Å². The first-order chi connectivity index (χ1) is 9.31. The van der Waals surface area contributed by atoms with Crippen LogP contribution < -0.4 is 5.73 Å². The maximum absolute atomic E-state index is 6.01. The zero-order chi connectivity index (χ0) is 13.5. The van der Waals surface area contributed by atoms with Crippen molar-refractivity contribution in [2.45, 2.75) is 51.9 Å². The number of pyridine rings is 1. The van der Waals surface area contributed by atoms with E-state index in [0.717, 1.165) is 22.9 Å². The summed E-state index contributed by atoms with van der Waals surface area (Å²) in [5.41, 5.74) is 8.03. The molecule has 0 aliphatic heterocycles. The quantitative estimate of drug-likeness (QED) is 0.575. The number of aromatic nitrogens is 1.